The van der Waals surface area contributed by atoms with E-state index in [0.717, 1.165) is 5.69 Å². The van der Waals surface area contributed by atoms with Gasteiger partial charge in [0.1, 0.15) is 0 Å². The van der Waals surface area contributed by atoms with Gasteiger partial charge in [-0.2, -0.15) is 0 Å². The molecule has 1 aromatic carbocycles. The number of carboxylic acid groups (broad SMARTS) is 1. The molecular formula is C12H16N2O4S. The van der Waals surface area contributed by atoms with Gasteiger partial charge in [-0.15, -0.1) is 0 Å². The SMILES string of the molecule is CN(C)SNc1ccc(C(=O)O)cc1C1OCCO1. The predicted octanol–water partition coefficient (Wildman–Crippen LogP) is 1.97. The third-order valence-electron chi connectivity index (χ3n) is 2.51. The molecule has 1 heterocycles. The Morgan fingerprint density at radius 2 is 2.11 bits per heavy atom. The smallest absolute Gasteiger partial charge is 0.335 e. The molecule has 1 fully saturated rings. The summed E-state index contributed by atoms with van der Waals surface area (Å²) in [5, 5.41) is 9.05. The van der Waals surface area contributed by atoms with Crippen LogP contribution in [0.15, 0.2) is 18.2 Å². The second-order valence-corrected chi connectivity index (χ2v) is 5.30. The molecular weight excluding hydrogens is 268 g/mol. The number of carbonyl (C=O) groups is 1. The maximum Gasteiger partial charge on any atom is 0.335 e. The number of ether oxygens (including phenoxy) is 2. The van der Waals surface area contributed by atoms with Crippen molar-refractivity contribution in [3.63, 3.8) is 0 Å². The number of carboxylic acids is 1. The molecule has 1 aromatic rings. The molecule has 0 spiro atoms. The summed E-state index contributed by atoms with van der Waals surface area (Å²) < 4.78 is 15.9. The second kappa shape index (κ2) is 6.25. The highest BCUT2D eigenvalue weighted by Gasteiger charge is 2.23. The number of aromatic carboxylic acids is 1. The first-order valence-corrected chi connectivity index (χ1v) is 6.56. The molecule has 0 saturated carbocycles. The van der Waals surface area contributed by atoms with Gasteiger partial charge in [-0.25, -0.2) is 9.10 Å². The summed E-state index contributed by atoms with van der Waals surface area (Å²) >= 11 is 1.40. The highest BCUT2D eigenvalue weighted by molar-refractivity contribution is 7.98. The maximum absolute atomic E-state index is 11.0. The highest BCUT2D eigenvalue weighted by Crippen LogP contribution is 2.32. The molecule has 0 bridgehead atoms. The first-order valence-electron chi connectivity index (χ1n) is 5.78. The van der Waals surface area contributed by atoms with Gasteiger partial charge >= 0.3 is 5.97 Å². The summed E-state index contributed by atoms with van der Waals surface area (Å²) in [7, 11) is 3.82. The van der Waals surface area contributed by atoms with Crippen molar-refractivity contribution in [2.24, 2.45) is 0 Å². The summed E-state index contributed by atoms with van der Waals surface area (Å²) in [6, 6.07) is 4.86. The molecule has 0 aromatic heterocycles. The Kier molecular flexibility index (Phi) is 4.65. The third-order valence-corrected chi connectivity index (χ3v) is 3.19. The predicted molar refractivity (Wildman–Crippen MR) is 72.9 cm³/mol. The fraction of sp³-hybridized carbons (Fsp3) is 0.417. The van der Waals surface area contributed by atoms with E-state index in [1.54, 1.807) is 18.2 Å². The fourth-order valence-corrected chi connectivity index (χ4v) is 2.13. The monoisotopic (exact) mass is 284 g/mol. The van der Waals surface area contributed by atoms with Crippen LogP contribution in [-0.2, 0) is 9.47 Å². The van der Waals surface area contributed by atoms with E-state index in [1.807, 2.05) is 18.4 Å². The van der Waals surface area contributed by atoms with Gasteiger partial charge in [0.25, 0.3) is 0 Å². The fourth-order valence-electron chi connectivity index (χ4n) is 1.66. The molecule has 0 radical (unpaired) electrons. The van der Waals surface area contributed by atoms with Gasteiger partial charge in [0.15, 0.2) is 6.29 Å². The van der Waals surface area contributed by atoms with E-state index >= 15 is 0 Å². The lowest BCUT2D eigenvalue weighted by atomic mass is 10.1. The van der Waals surface area contributed by atoms with Crippen LogP contribution in [0, 0.1) is 0 Å². The summed E-state index contributed by atoms with van der Waals surface area (Å²) in [4.78, 5) is 11.0. The average Bonchev–Trinajstić information content (AvgIpc) is 2.89. The third kappa shape index (κ3) is 3.60. The summed E-state index contributed by atoms with van der Waals surface area (Å²) in [6.45, 7) is 1.03. The van der Waals surface area contributed by atoms with Crippen molar-refractivity contribution in [3.8, 4) is 0 Å². The van der Waals surface area contributed by atoms with Crippen LogP contribution in [0.25, 0.3) is 0 Å². The van der Waals surface area contributed by atoms with Crippen molar-refractivity contribution in [1.29, 1.82) is 0 Å². The quantitative estimate of drug-likeness (QED) is 0.801. The van der Waals surface area contributed by atoms with Gasteiger partial charge < -0.3 is 19.3 Å². The second-order valence-electron chi connectivity index (χ2n) is 4.19. The lowest BCUT2D eigenvalue weighted by Gasteiger charge is -2.17. The van der Waals surface area contributed by atoms with E-state index in [4.69, 9.17) is 14.6 Å². The van der Waals surface area contributed by atoms with Crippen molar-refractivity contribution in [2.75, 3.05) is 32.0 Å². The van der Waals surface area contributed by atoms with Crippen LogP contribution >= 0.6 is 12.1 Å². The van der Waals surface area contributed by atoms with Crippen LogP contribution in [0.1, 0.15) is 22.2 Å². The van der Waals surface area contributed by atoms with E-state index in [9.17, 15) is 4.79 Å². The van der Waals surface area contributed by atoms with Crippen LogP contribution in [0.3, 0.4) is 0 Å². The van der Waals surface area contributed by atoms with Gasteiger partial charge in [0.05, 0.1) is 24.5 Å². The Morgan fingerprint density at radius 1 is 1.42 bits per heavy atom. The zero-order valence-electron chi connectivity index (χ0n) is 10.8. The molecule has 7 heteroatoms. The van der Waals surface area contributed by atoms with Crippen molar-refractivity contribution in [3.05, 3.63) is 29.3 Å². The van der Waals surface area contributed by atoms with Gasteiger partial charge in [-0.3, -0.25) is 0 Å². The van der Waals surface area contributed by atoms with Gasteiger partial charge in [0.2, 0.25) is 0 Å². The zero-order valence-corrected chi connectivity index (χ0v) is 11.6. The topological polar surface area (TPSA) is 71.0 Å². The minimum atomic E-state index is -0.967. The lowest BCUT2D eigenvalue weighted by Crippen LogP contribution is -2.09. The van der Waals surface area contributed by atoms with E-state index in [1.165, 1.54) is 12.1 Å². The number of nitrogens with zero attached hydrogens (tertiary/aromatic N) is 1. The zero-order chi connectivity index (χ0) is 13.8. The number of benzene rings is 1. The molecule has 0 aliphatic carbocycles. The first kappa shape index (κ1) is 14.1. The Balaban J connectivity index is 2.27. The molecule has 1 aliphatic heterocycles. The maximum atomic E-state index is 11.0. The molecule has 0 amide bonds. The number of nitrogens with one attached hydrogen (secondary N) is 1. The van der Waals surface area contributed by atoms with E-state index in [2.05, 4.69) is 4.72 Å². The van der Waals surface area contributed by atoms with E-state index in [0.29, 0.717) is 18.8 Å². The van der Waals surface area contributed by atoms with Crippen molar-refractivity contribution >= 4 is 23.8 Å². The Bertz CT molecular complexity index is 461. The van der Waals surface area contributed by atoms with Gasteiger partial charge in [-0.05, 0) is 32.3 Å². The largest absolute Gasteiger partial charge is 0.478 e. The van der Waals surface area contributed by atoms with Crippen molar-refractivity contribution in [1.82, 2.24) is 4.31 Å². The van der Waals surface area contributed by atoms with Crippen LogP contribution in [0.4, 0.5) is 5.69 Å². The van der Waals surface area contributed by atoms with E-state index < -0.39 is 12.3 Å². The van der Waals surface area contributed by atoms with E-state index in [-0.39, 0.29) is 5.56 Å². The molecule has 104 valence electrons. The molecule has 1 saturated heterocycles. The summed E-state index contributed by atoms with van der Waals surface area (Å²) in [5.41, 5.74) is 1.71. The minimum absolute atomic E-state index is 0.217. The van der Waals surface area contributed by atoms with Gasteiger partial charge in [0, 0.05) is 17.7 Å². The number of hydrogen-bond acceptors (Lipinski definition) is 6. The number of hydrogen-bond donors (Lipinski definition) is 2. The standard InChI is InChI=1S/C12H16N2O4S/c1-14(2)19-13-10-4-3-8(11(15)16)7-9(10)12-17-5-6-18-12/h3-4,7,12-13H,5-6H2,1-2H3,(H,15,16). The molecule has 2 N–H and O–H groups in total. The highest BCUT2D eigenvalue weighted by atomic mass is 32.2. The Labute approximate surface area is 116 Å². The minimum Gasteiger partial charge on any atom is -0.478 e. The van der Waals surface area contributed by atoms with Gasteiger partial charge in [-0.1, -0.05) is 0 Å². The molecule has 1 aliphatic rings. The molecule has 6 nitrogen and oxygen atoms in total. The number of anilines is 1. The molecule has 0 unspecified atom stereocenters. The Morgan fingerprint density at radius 3 is 2.68 bits per heavy atom. The van der Waals surface area contributed by atoms with Crippen molar-refractivity contribution < 1.29 is 19.4 Å². The Hall–Kier alpha value is -1.28. The van der Waals surface area contributed by atoms with Crippen LogP contribution in [-0.4, -0.2) is 42.7 Å². The van der Waals surface area contributed by atoms with Crippen molar-refractivity contribution in [2.45, 2.75) is 6.29 Å². The average molecular weight is 284 g/mol. The normalized spacial score (nSPS) is 15.9. The number of rotatable bonds is 5. The van der Waals surface area contributed by atoms with Crippen LogP contribution < -0.4 is 4.72 Å². The lowest BCUT2D eigenvalue weighted by molar-refractivity contribution is -0.0435. The summed E-state index contributed by atoms with van der Waals surface area (Å²) in [5.74, 6) is -0.967. The first-order chi connectivity index (χ1) is 9.08. The molecule has 0 atom stereocenters. The van der Waals surface area contributed by atoms with Crippen LogP contribution in [0.5, 0.6) is 0 Å². The molecule has 2 rings (SSSR count). The summed E-state index contributed by atoms with van der Waals surface area (Å²) in [6.07, 6.45) is -0.510. The van der Waals surface area contributed by atoms with Crippen LogP contribution in [0.2, 0.25) is 0 Å². The molecule has 19 heavy (non-hydrogen) atoms.